The SMILES string of the molecule is CCCCC(Oc1cccc(N(S)C(N)=O)c1)Oc1cccc2cnccc12. The summed E-state index contributed by atoms with van der Waals surface area (Å²) in [5.74, 6) is 1.31. The molecule has 1 unspecified atom stereocenters. The molecule has 2 amide bonds. The van der Waals surface area contributed by atoms with Gasteiger partial charge in [0.05, 0.1) is 5.69 Å². The molecule has 2 N–H and O–H groups in total. The smallest absolute Gasteiger partial charge is 0.329 e. The van der Waals surface area contributed by atoms with Crippen molar-refractivity contribution in [2.45, 2.75) is 32.5 Å². The molecule has 0 radical (unpaired) electrons. The molecule has 28 heavy (non-hydrogen) atoms. The highest BCUT2D eigenvalue weighted by Crippen LogP contribution is 2.28. The number of hydrogen-bond donors (Lipinski definition) is 2. The number of rotatable bonds is 8. The van der Waals surface area contributed by atoms with Crippen molar-refractivity contribution in [2.24, 2.45) is 5.73 Å². The van der Waals surface area contributed by atoms with E-state index in [0.717, 1.165) is 40.1 Å². The number of pyridine rings is 1. The second kappa shape index (κ2) is 9.32. The summed E-state index contributed by atoms with van der Waals surface area (Å²) >= 11 is 4.10. The standard InChI is InChI=1S/C21H23N3O3S/c1-2-3-10-20(26-17-8-5-7-16(13-17)24(28)21(22)25)27-19-9-4-6-15-14-23-12-11-18(15)19/h4-9,11-14,20,28H,2-3,10H2,1H3,(H2,22,25). The number of ether oxygens (including phenoxy) is 2. The van der Waals surface area contributed by atoms with Crippen molar-refractivity contribution in [3.8, 4) is 11.5 Å². The quantitative estimate of drug-likeness (QED) is 0.417. The molecule has 0 spiro atoms. The number of urea groups is 1. The van der Waals surface area contributed by atoms with Gasteiger partial charge in [0.2, 0.25) is 6.29 Å². The Morgan fingerprint density at radius 3 is 2.82 bits per heavy atom. The third-order valence-electron chi connectivity index (χ3n) is 4.23. The first-order valence-corrected chi connectivity index (χ1v) is 9.53. The lowest BCUT2D eigenvalue weighted by Crippen LogP contribution is -2.27. The van der Waals surface area contributed by atoms with Crippen molar-refractivity contribution in [2.75, 3.05) is 4.31 Å². The molecule has 1 aromatic heterocycles. The summed E-state index contributed by atoms with van der Waals surface area (Å²) < 4.78 is 13.4. The molecule has 7 heteroatoms. The van der Waals surface area contributed by atoms with Gasteiger partial charge in [0.1, 0.15) is 11.5 Å². The van der Waals surface area contributed by atoms with Crippen molar-refractivity contribution in [3.63, 3.8) is 0 Å². The number of benzene rings is 2. The van der Waals surface area contributed by atoms with E-state index in [0.29, 0.717) is 11.4 Å². The number of amides is 2. The van der Waals surface area contributed by atoms with Crippen LogP contribution in [-0.4, -0.2) is 17.3 Å². The minimum Gasteiger partial charge on any atom is -0.455 e. The van der Waals surface area contributed by atoms with E-state index in [9.17, 15) is 4.79 Å². The Labute approximate surface area is 169 Å². The predicted octanol–water partition coefficient (Wildman–Crippen LogP) is 4.94. The van der Waals surface area contributed by atoms with E-state index in [1.54, 1.807) is 36.7 Å². The fourth-order valence-electron chi connectivity index (χ4n) is 2.82. The zero-order valence-electron chi connectivity index (χ0n) is 15.6. The molecule has 0 saturated heterocycles. The van der Waals surface area contributed by atoms with Crippen LogP contribution in [0.1, 0.15) is 26.2 Å². The van der Waals surface area contributed by atoms with E-state index >= 15 is 0 Å². The maximum absolute atomic E-state index is 11.3. The van der Waals surface area contributed by atoms with Crippen LogP contribution in [-0.2, 0) is 0 Å². The van der Waals surface area contributed by atoms with Gasteiger partial charge in [-0.25, -0.2) is 9.10 Å². The molecule has 0 fully saturated rings. The van der Waals surface area contributed by atoms with Crippen LogP contribution in [0.15, 0.2) is 60.9 Å². The summed E-state index contributed by atoms with van der Waals surface area (Å²) in [7, 11) is 0. The third-order valence-corrected chi connectivity index (χ3v) is 4.66. The average Bonchev–Trinajstić information content (AvgIpc) is 2.72. The van der Waals surface area contributed by atoms with Gasteiger partial charge >= 0.3 is 6.03 Å². The minimum absolute atomic E-state index is 0.476. The summed E-state index contributed by atoms with van der Waals surface area (Å²) in [5, 5.41) is 1.98. The van der Waals surface area contributed by atoms with E-state index < -0.39 is 12.3 Å². The number of nitrogens with two attached hydrogens (primary N) is 1. The monoisotopic (exact) mass is 397 g/mol. The zero-order valence-corrected chi connectivity index (χ0v) is 16.5. The van der Waals surface area contributed by atoms with Crippen molar-refractivity contribution in [1.82, 2.24) is 4.98 Å². The number of primary amides is 1. The van der Waals surface area contributed by atoms with E-state index in [2.05, 4.69) is 24.7 Å². The molecule has 0 aliphatic heterocycles. The van der Waals surface area contributed by atoms with Crippen LogP contribution in [0.4, 0.5) is 10.5 Å². The van der Waals surface area contributed by atoms with Gasteiger partial charge < -0.3 is 15.2 Å². The van der Waals surface area contributed by atoms with Crippen LogP contribution >= 0.6 is 12.8 Å². The number of aromatic nitrogens is 1. The van der Waals surface area contributed by atoms with Crippen molar-refractivity contribution in [1.29, 1.82) is 0 Å². The van der Waals surface area contributed by atoms with Crippen molar-refractivity contribution >= 4 is 35.3 Å². The topological polar surface area (TPSA) is 77.7 Å². The predicted molar refractivity (Wildman–Crippen MR) is 114 cm³/mol. The molecule has 146 valence electrons. The van der Waals surface area contributed by atoms with Crippen molar-refractivity contribution < 1.29 is 14.3 Å². The van der Waals surface area contributed by atoms with Gasteiger partial charge in [-0.2, -0.15) is 0 Å². The molecular formula is C21H23N3O3S. The molecule has 1 heterocycles. The summed E-state index contributed by atoms with van der Waals surface area (Å²) in [6.07, 6.45) is 5.77. The first kappa shape index (κ1) is 19.8. The van der Waals surface area contributed by atoms with Gasteiger partial charge in [-0.3, -0.25) is 4.98 Å². The lowest BCUT2D eigenvalue weighted by Gasteiger charge is -2.22. The summed E-state index contributed by atoms with van der Waals surface area (Å²) in [6.45, 7) is 2.12. The Balaban J connectivity index is 1.83. The third kappa shape index (κ3) is 4.86. The van der Waals surface area contributed by atoms with E-state index in [1.807, 2.05) is 24.3 Å². The Bertz CT molecular complexity index is 946. The van der Waals surface area contributed by atoms with Crippen LogP contribution in [0.5, 0.6) is 11.5 Å². The molecule has 2 aromatic carbocycles. The number of thiol groups is 1. The minimum atomic E-state index is -0.663. The maximum Gasteiger partial charge on any atom is 0.329 e. The Morgan fingerprint density at radius 1 is 1.21 bits per heavy atom. The van der Waals surface area contributed by atoms with E-state index in [1.165, 1.54) is 0 Å². The van der Waals surface area contributed by atoms with Crippen molar-refractivity contribution in [3.05, 3.63) is 60.9 Å². The number of nitrogens with zero attached hydrogens (tertiary/aromatic N) is 2. The number of carbonyl (C=O) groups is 1. The van der Waals surface area contributed by atoms with Gasteiger partial charge in [-0.1, -0.05) is 44.4 Å². The Kier molecular flexibility index (Phi) is 6.60. The molecule has 3 aromatic rings. The van der Waals surface area contributed by atoms with Crippen LogP contribution in [0, 0.1) is 0 Å². The highest BCUT2D eigenvalue weighted by molar-refractivity contribution is 7.82. The number of unbranched alkanes of at least 4 members (excludes halogenated alkanes) is 1. The number of fused-ring (bicyclic) bond motifs is 1. The Hall–Kier alpha value is -2.93. The van der Waals surface area contributed by atoms with Gasteiger partial charge in [0.25, 0.3) is 0 Å². The van der Waals surface area contributed by atoms with Gasteiger partial charge in [-0.15, -0.1) is 0 Å². The molecule has 0 saturated carbocycles. The average molecular weight is 398 g/mol. The maximum atomic E-state index is 11.3. The second-order valence-corrected chi connectivity index (χ2v) is 6.71. The molecule has 3 rings (SSSR count). The second-order valence-electron chi connectivity index (χ2n) is 6.31. The fraction of sp³-hybridized carbons (Fsp3) is 0.238. The van der Waals surface area contributed by atoms with Crippen LogP contribution in [0.2, 0.25) is 0 Å². The largest absolute Gasteiger partial charge is 0.455 e. The first-order chi connectivity index (χ1) is 13.6. The number of hydrogen-bond acceptors (Lipinski definition) is 5. The lowest BCUT2D eigenvalue weighted by atomic mass is 10.1. The number of carbonyl (C=O) groups excluding carboxylic acids is 1. The molecule has 0 aliphatic rings. The molecule has 0 aliphatic carbocycles. The number of anilines is 1. The fourth-order valence-corrected chi connectivity index (χ4v) is 2.94. The van der Waals surface area contributed by atoms with Crippen LogP contribution in [0.25, 0.3) is 10.8 Å². The molecule has 6 nitrogen and oxygen atoms in total. The zero-order chi connectivity index (χ0) is 19.9. The van der Waals surface area contributed by atoms with Gasteiger partial charge in [0.15, 0.2) is 0 Å². The van der Waals surface area contributed by atoms with E-state index in [-0.39, 0.29) is 0 Å². The molecule has 0 bridgehead atoms. The van der Waals surface area contributed by atoms with Crippen LogP contribution < -0.4 is 19.5 Å². The first-order valence-electron chi connectivity index (χ1n) is 9.13. The highest BCUT2D eigenvalue weighted by atomic mass is 32.1. The lowest BCUT2D eigenvalue weighted by molar-refractivity contribution is -0.000928. The van der Waals surface area contributed by atoms with Crippen LogP contribution in [0.3, 0.4) is 0 Å². The molecule has 1 atom stereocenters. The normalized spacial score (nSPS) is 11.8. The summed E-state index contributed by atoms with van der Waals surface area (Å²) in [6, 6.07) is 14.1. The van der Waals surface area contributed by atoms with Gasteiger partial charge in [-0.05, 0) is 30.7 Å². The van der Waals surface area contributed by atoms with Gasteiger partial charge in [0, 0.05) is 35.7 Å². The summed E-state index contributed by atoms with van der Waals surface area (Å²) in [5.41, 5.74) is 5.81. The molecular weight excluding hydrogens is 374 g/mol. The van der Waals surface area contributed by atoms with E-state index in [4.69, 9.17) is 15.2 Å². The summed E-state index contributed by atoms with van der Waals surface area (Å²) in [4.78, 5) is 15.5. The Morgan fingerprint density at radius 2 is 2.04 bits per heavy atom. The highest BCUT2D eigenvalue weighted by Gasteiger charge is 2.15.